The Labute approximate surface area is 95.5 Å². The van der Waals surface area contributed by atoms with E-state index in [4.69, 9.17) is 15.2 Å². The SMILES string of the molecule is COc1cccc2c1C(N)CC1(CCC1)O2. The van der Waals surface area contributed by atoms with Crippen molar-refractivity contribution in [3.8, 4) is 11.5 Å². The standard InChI is InChI=1S/C13H17NO2/c1-15-10-4-2-5-11-12(10)9(14)8-13(16-11)6-3-7-13/h2,4-5,9H,3,6-8,14H2,1H3. The second kappa shape index (κ2) is 3.39. The smallest absolute Gasteiger partial charge is 0.128 e. The first kappa shape index (κ1) is 9.97. The Kier molecular flexibility index (Phi) is 2.11. The van der Waals surface area contributed by atoms with Crippen molar-refractivity contribution in [3.05, 3.63) is 23.8 Å². The highest BCUT2D eigenvalue weighted by Crippen LogP contribution is 2.50. The minimum atomic E-state index is 0.0266. The molecule has 1 fully saturated rings. The van der Waals surface area contributed by atoms with Crippen molar-refractivity contribution < 1.29 is 9.47 Å². The number of rotatable bonds is 1. The molecule has 1 saturated carbocycles. The van der Waals surface area contributed by atoms with Crippen LogP contribution in [-0.2, 0) is 0 Å². The van der Waals surface area contributed by atoms with Crippen LogP contribution in [0.25, 0.3) is 0 Å². The van der Waals surface area contributed by atoms with E-state index >= 15 is 0 Å². The van der Waals surface area contributed by atoms with Gasteiger partial charge in [-0.2, -0.15) is 0 Å². The summed E-state index contributed by atoms with van der Waals surface area (Å²) in [6.07, 6.45) is 4.45. The van der Waals surface area contributed by atoms with Gasteiger partial charge < -0.3 is 15.2 Å². The van der Waals surface area contributed by atoms with Gasteiger partial charge in [0.05, 0.1) is 12.7 Å². The molecular formula is C13H17NO2. The summed E-state index contributed by atoms with van der Waals surface area (Å²) in [6, 6.07) is 5.94. The number of hydrogen-bond donors (Lipinski definition) is 1. The van der Waals surface area contributed by atoms with Crippen LogP contribution in [0, 0.1) is 0 Å². The molecule has 0 aromatic heterocycles. The molecule has 3 rings (SSSR count). The Hall–Kier alpha value is -1.22. The van der Waals surface area contributed by atoms with Gasteiger partial charge in [-0.15, -0.1) is 0 Å². The second-order valence-electron chi connectivity index (χ2n) is 4.82. The minimum absolute atomic E-state index is 0.0266. The van der Waals surface area contributed by atoms with E-state index in [1.54, 1.807) is 7.11 Å². The first-order valence-electron chi connectivity index (χ1n) is 5.86. The first-order valence-corrected chi connectivity index (χ1v) is 5.86. The Morgan fingerprint density at radius 1 is 1.44 bits per heavy atom. The summed E-state index contributed by atoms with van der Waals surface area (Å²) in [5, 5.41) is 0. The maximum absolute atomic E-state index is 6.25. The van der Waals surface area contributed by atoms with Gasteiger partial charge in [-0.05, 0) is 31.4 Å². The van der Waals surface area contributed by atoms with Crippen LogP contribution in [-0.4, -0.2) is 12.7 Å². The van der Waals surface area contributed by atoms with Gasteiger partial charge in [0.15, 0.2) is 0 Å². The van der Waals surface area contributed by atoms with Crippen LogP contribution in [0.1, 0.15) is 37.3 Å². The number of nitrogens with two attached hydrogens (primary N) is 1. The predicted molar refractivity (Wildman–Crippen MR) is 61.7 cm³/mol. The van der Waals surface area contributed by atoms with Crippen LogP contribution in [0.4, 0.5) is 0 Å². The van der Waals surface area contributed by atoms with E-state index < -0.39 is 0 Å². The lowest BCUT2D eigenvalue weighted by atomic mass is 9.73. The fraction of sp³-hybridized carbons (Fsp3) is 0.538. The second-order valence-corrected chi connectivity index (χ2v) is 4.82. The number of fused-ring (bicyclic) bond motifs is 1. The third-order valence-corrected chi connectivity index (χ3v) is 3.80. The van der Waals surface area contributed by atoms with Gasteiger partial charge in [0, 0.05) is 12.5 Å². The van der Waals surface area contributed by atoms with Gasteiger partial charge in [0.1, 0.15) is 17.1 Å². The van der Waals surface area contributed by atoms with E-state index in [9.17, 15) is 0 Å². The molecule has 1 atom stereocenters. The zero-order chi connectivity index (χ0) is 11.2. The average molecular weight is 219 g/mol. The van der Waals surface area contributed by atoms with Gasteiger partial charge >= 0.3 is 0 Å². The molecule has 0 bridgehead atoms. The molecule has 2 aliphatic rings. The Morgan fingerprint density at radius 2 is 2.25 bits per heavy atom. The summed E-state index contributed by atoms with van der Waals surface area (Å²) >= 11 is 0. The maximum atomic E-state index is 6.25. The van der Waals surface area contributed by atoms with Crippen molar-refractivity contribution >= 4 is 0 Å². The fourth-order valence-electron chi connectivity index (χ4n) is 2.81. The van der Waals surface area contributed by atoms with Crippen molar-refractivity contribution in [1.29, 1.82) is 0 Å². The molecule has 1 unspecified atom stereocenters. The van der Waals surface area contributed by atoms with Crippen molar-refractivity contribution in [2.45, 2.75) is 37.3 Å². The van der Waals surface area contributed by atoms with Gasteiger partial charge in [0.25, 0.3) is 0 Å². The highest BCUT2D eigenvalue weighted by atomic mass is 16.5. The zero-order valence-corrected chi connectivity index (χ0v) is 9.53. The molecule has 0 saturated heterocycles. The van der Waals surface area contributed by atoms with Gasteiger partial charge in [-0.3, -0.25) is 0 Å². The van der Waals surface area contributed by atoms with Crippen LogP contribution >= 0.6 is 0 Å². The lowest BCUT2D eigenvalue weighted by Gasteiger charge is -2.47. The van der Waals surface area contributed by atoms with Crippen molar-refractivity contribution in [2.24, 2.45) is 5.73 Å². The molecule has 0 radical (unpaired) electrons. The fourth-order valence-corrected chi connectivity index (χ4v) is 2.81. The van der Waals surface area contributed by atoms with Crippen LogP contribution in [0.3, 0.4) is 0 Å². The summed E-state index contributed by atoms with van der Waals surface area (Å²) < 4.78 is 11.5. The van der Waals surface area contributed by atoms with E-state index in [-0.39, 0.29) is 11.6 Å². The molecule has 2 N–H and O–H groups in total. The maximum Gasteiger partial charge on any atom is 0.128 e. The monoisotopic (exact) mass is 219 g/mol. The topological polar surface area (TPSA) is 44.5 Å². The highest BCUT2D eigenvalue weighted by Gasteiger charge is 2.45. The van der Waals surface area contributed by atoms with Gasteiger partial charge in [0.2, 0.25) is 0 Å². The molecule has 1 spiro atoms. The summed E-state index contributed by atoms with van der Waals surface area (Å²) in [5.41, 5.74) is 7.30. The molecule has 86 valence electrons. The minimum Gasteiger partial charge on any atom is -0.496 e. The van der Waals surface area contributed by atoms with Crippen LogP contribution < -0.4 is 15.2 Å². The molecule has 1 aliphatic heterocycles. The van der Waals surface area contributed by atoms with E-state index in [2.05, 4.69) is 0 Å². The number of hydrogen-bond acceptors (Lipinski definition) is 3. The van der Waals surface area contributed by atoms with E-state index in [1.165, 1.54) is 6.42 Å². The van der Waals surface area contributed by atoms with Crippen molar-refractivity contribution in [2.75, 3.05) is 7.11 Å². The van der Waals surface area contributed by atoms with E-state index in [0.717, 1.165) is 36.3 Å². The van der Waals surface area contributed by atoms with Crippen molar-refractivity contribution in [3.63, 3.8) is 0 Å². The number of ether oxygens (including phenoxy) is 2. The van der Waals surface area contributed by atoms with Crippen LogP contribution in [0.2, 0.25) is 0 Å². The third kappa shape index (κ3) is 1.31. The van der Waals surface area contributed by atoms with E-state index in [0.29, 0.717) is 0 Å². The summed E-state index contributed by atoms with van der Waals surface area (Å²) in [6.45, 7) is 0. The normalized spacial score (nSPS) is 25.5. The lowest BCUT2D eigenvalue weighted by Crippen LogP contribution is -2.48. The molecular weight excluding hydrogens is 202 g/mol. The highest BCUT2D eigenvalue weighted by molar-refractivity contribution is 5.48. The van der Waals surface area contributed by atoms with E-state index in [1.807, 2.05) is 18.2 Å². The molecule has 3 heteroatoms. The number of methoxy groups -OCH3 is 1. The first-order chi connectivity index (χ1) is 7.74. The zero-order valence-electron chi connectivity index (χ0n) is 9.53. The summed E-state index contributed by atoms with van der Waals surface area (Å²) in [5.74, 6) is 1.76. The molecule has 16 heavy (non-hydrogen) atoms. The van der Waals surface area contributed by atoms with Crippen LogP contribution in [0.5, 0.6) is 11.5 Å². The number of benzene rings is 1. The quantitative estimate of drug-likeness (QED) is 0.788. The largest absolute Gasteiger partial charge is 0.496 e. The Bertz CT molecular complexity index is 412. The molecule has 0 amide bonds. The lowest BCUT2D eigenvalue weighted by molar-refractivity contribution is -0.0334. The van der Waals surface area contributed by atoms with Gasteiger partial charge in [-0.25, -0.2) is 0 Å². The van der Waals surface area contributed by atoms with Crippen molar-refractivity contribution in [1.82, 2.24) is 0 Å². The Balaban J connectivity index is 2.03. The average Bonchev–Trinajstić information content (AvgIpc) is 2.25. The Morgan fingerprint density at radius 3 is 2.88 bits per heavy atom. The third-order valence-electron chi connectivity index (χ3n) is 3.80. The predicted octanol–water partition coefficient (Wildman–Crippen LogP) is 2.40. The summed E-state index contributed by atoms with van der Waals surface area (Å²) in [4.78, 5) is 0. The summed E-state index contributed by atoms with van der Waals surface area (Å²) in [7, 11) is 1.68. The molecule has 1 aromatic rings. The molecule has 3 nitrogen and oxygen atoms in total. The molecule has 1 aliphatic carbocycles. The van der Waals surface area contributed by atoms with Crippen LogP contribution in [0.15, 0.2) is 18.2 Å². The van der Waals surface area contributed by atoms with Gasteiger partial charge in [-0.1, -0.05) is 6.07 Å². The molecule has 1 aromatic carbocycles. The molecule has 1 heterocycles.